The third-order valence-corrected chi connectivity index (χ3v) is 18.6. The molecule has 0 heterocycles. The van der Waals surface area contributed by atoms with Crippen LogP contribution in [0, 0.1) is 0 Å². The van der Waals surface area contributed by atoms with Gasteiger partial charge in [0.15, 0.2) is 12.2 Å². The normalized spacial score (nSPS) is 14.7. The molecule has 0 aliphatic rings. The third-order valence-electron chi connectivity index (χ3n) is 16.7. The predicted octanol–water partition coefficient (Wildman–Crippen LogP) is 24.6. The minimum absolute atomic E-state index is 0.0283. The van der Waals surface area contributed by atoms with Gasteiger partial charge in [0.05, 0.1) is 26.4 Å². The number of esters is 4. The van der Waals surface area contributed by atoms with Crippen molar-refractivity contribution in [3.63, 3.8) is 0 Å². The van der Waals surface area contributed by atoms with Crippen LogP contribution in [0.25, 0.3) is 0 Å². The van der Waals surface area contributed by atoms with Crippen molar-refractivity contribution in [1.29, 1.82) is 0 Å². The first kappa shape index (κ1) is 102. The van der Waals surface area contributed by atoms with Crippen LogP contribution in [0.2, 0.25) is 0 Å². The Morgan fingerprint density at radius 3 is 0.778 bits per heavy atom. The maximum Gasteiger partial charge on any atom is 0.472 e. The van der Waals surface area contributed by atoms with Crippen LogP contribution in [0.3, 0.4) is 0 Å². The SMILES string of the molecule is CC/C=C\C/C=C\C/C=C\C/C=C\C/C=C\C/C=C\CCC(=O)OC[C@H](COP(=O)(O)OCC(O)COP(=O)(O)OC[C@@H](COC(=O)CC/C=C\C/C=C\C/C=C\C/C=C\C/C=C\C/C=C\CC)OC(=O)CCCCCCC/C=C\CCCCCCCC)OC(=O)CCCCCCC/C=C\CCCCCCCC. The highest BCUT2D eigenvalue weighted by atomic mass is 31.2. The molecular formula is C89H146O17P2. The number of phosphoric acid groups is 2. The summed E-state index contributed by atoms with van der Waals surface area (Å²) in [4.78, 5) is 73.1. The molecule has 0 radical (unpaired) electrons. The Balaban J connectivity index is 5.51. The van der Waals surface area contributed by atoms with Gasteiger partial charge in [-0.2, -0.15) is 0 Å². The molecular weight excluding hydrogens is 1400 g/mol. The molecule has 3 N–H and O–H groups in total. The van der Waals surface area contributed by atoms with E-state index in [-0.39, 0.29) is 25.7 Å². The van der Waals surface area contributed by atoms with E-state index in [0.29, 0.717) is 38.5 Å². The van der Waals surface area contributed by atoms with E-state index < -0.39 is 97.5 Å². The molecule has 0 rings (SSSR count). The van der Waals surface area contributed by atoms with Crippen molar-refractivity contribution >= 4 is 39.5 Å². The number of hydrogen-bond donors (Lipinski definition) is 3. The average molecular weight is 1550 g/mol. The van der Waals surface area contributed by atoms with Gasteiger partial charge in [0.2, 0.25) is 0 Å². The van der Waals surface area contributed by atoms with Gasteiger partial charge in [0.1, 0.15) is 19.3 Å². The molecule has 0 spiro atoms. The topological polar surface area (TPSA) is 237 Å². The molecule has 0 aromatic heterocycles. The lowest BCUT2D eigenvalue weighted by molar-refractivity contribution is -0.161. The number of rotatable bonds is 76. The fourth-order valence-electron chi connectivity index (χ4n) is 10.4. The average Bonchev–Trinajstić information content (AvgIpc) is 0.923. The molecule has 108 heavy (non-hydrogen) atoms. The molecule has 17 nitrogen and oxygen atoms in total. The van der Waals surface area contributed by atoms with Crippen molar-refractivity contribution in [3.05, 3.63) is 170 Å². The maximum atomic E-state index is 13.1. The number of carbonyl (C=O) groups excluding carboxylic acids is 4. The minimum atomic E-state index is -5.01. The number of aliphatic hydroxyl groups excluding tert-OH is 1. The lowest BCUT2D eigenvalue weighted by Crippen LogP contribution is -2.30. The molecule has 19 heteroatoms. The van der Waals surface area contributed by atoms with Crippen molar-refractivity contribution < 1.29 is 80.2 Å². The highest BCUT2D eigenvalue weighted by Gasteiger charge is 2.30. The molecule has 0 fully saturated rings. The Morgan fingerprint density at radius 2 is 0.500 bits per heavy atom. The summed E-state index contributed by atoms with van der Waals surface area (Å²) in [5.41, 5.74) is 0. The van der Waals surface area contributed by atoms with Gasteiger partial charge in [-0.3, -0.25) is 37.3 Å². The van der Waals surface area contributed by atoms with E-state index in [2.05, 4.69) is 161 Å². The van der Waals surface area contributed by atoms with Gasteiger partial charge in [-0.15, -0.1) is 0 Å². The standard InChI is InChI=1S/C89H146O17P2/c1-5-9-13-17-21-25-29-33-37-39-41-43-47-49-53-57-61-65-69-73-86(91)99-79-84(105-88(93)75-71-67-63-59-55-51-45-35-31-27-23-19-15-11-7-3)81-103-107(95,96)101-77-83(90)78-102-108(97,98)104-82-85(106-89(94)76-72-68-64-60-56-52-46-36-32-28-24-20-16-12-8-4)80-100-87(92)74-70-66-62-58-54-50-48-44-42-40-38-34-30-26-22-18-14-10-6-2/h9-10,13-14,21-22,25-26,33-38,41-46,49-50,53-54,61-62,65-66,83-85,90H,5-8,11-12,15-20,23-24,27-32,39-40,47-48,51-52,55-60,63-64,67-82H2,1-4H3,(H,95,96)(H,97,98)/b13-9-,14-10-,25-21-,26-22-,37-33-,38-34-,43-41-,44-42-,45-35-,46-36-,53-49-,54-50-,65-61-,66-62-/t84-,85-/m1/s1. The van der Waals surface area contributed by atoms with Crippen LogP contribution in [0.1, 0.15) is 310 Å². The van der Waals surface area contributed by atoms with Crippen molar-refractivity contribution in [2.75, 3.05) is 39.6 Å². The number of phosphoric ester groups is 2. The molecule has 0 aromatic rings. The number of ether oxygens (including phenoxy) is 4. The Bertz CT molecular complexity index is 2530. The summed E-state index contributed by atoms with van der Waals surface area (Å²) in [7, 11) is -10.0. The first-order valence-corrected chi connectivity index (χ1v) is 44.4. The monoisotopic (exact) mass is 1550 g/mol. The fraction of sp³-hybridized carbons (Fsp3) is 0.640. The first-order chi connectivity index (χ1) is 52.7. The van der Waals surface area contributed by atoms with E-state index in [1.807, 2.05) is 36.5 Å². The van der Waals surface area contributed by atoms with E-state index in [1.54, 1.807) is 0 Å². The molecule has 614 valence electrons. The third kappa shape index (κ3) is 78.5. The Kier molecular flexibility index (Phi) is 75.4. The summed E-state index contributed by atoms with van der Waals surface area (Å²) < 4.78 is 68.5. The van der Waals surface area contributed by atoms with Gasteiger partial charge in [-0.1, -0.05) is 301 Å². The van der Waals surface area contributed by atoms with Crippen LogP contribution in [0.5, 0.6) is 0 Å². The molecule has 2 unspecified atom stereocenters. The molecule has 4 atom stereocenters. The van der Waals surface area contributed by atoms with Crippen molar-refractivity contribution in [2.24, 2.45) is 0 Å². The summed E-state index contributed by atoms with van der Waals surface area (Å²) in [6, 6.07) is 0. The zero-order valence-electron chi connectivity index (χ0n) is 67.2. The Morgan fingerprint density at radius 1 is 0.269 bits per heavy atom. The molecule has 0 aliphatic heterocycles. The maximum absolute atomic E-state index is 13.1. The Hall–Kier alpha value is -5.58. The predicted molar refractivity (Wildman–Crippen MR) is 445 cm³/mol. The van der Waals surface area contributed by atoms with Crippen LogP contribution < -0.4 is 0 Å². The number of carbonyl (C=O) groups is 4. The molecule has 0 aromatic carbocycles. The highest BCUT2D eigenvalue weighted by molar-refractivity contribution is 7.47. The van der Waals surface area contributed by atoms with Gasteiger partial charge in [-0.25, -0.2) is 9.13 Å². The second kappa shape index (κ2) is 79.5. The lowest BCUT2D eigenvalue weighted by atomic mass is 10.1. The lowest BCUT2D eigenvalue weighted by Gasteiger charge is -2.21. The highest BCUT2D eigenvalue weighted by Crippen LogP contribution is 2.45. The first-order valence-electron chi connectivity index (χ1n) is 41.4. The largest absolute Gasteiger partial charge is 0.472 e. The van der Waals surface area contributed by atoms with Crippen LogP contribution in [-0.2, 0) is 65.4 Å². The number of unbranched alkanes of at least 4 members (excludes halogenated alkanes) is 22. The second-order valence-corrected chi connectivity index (χ2v) is 29.8. The summed E-state index contributed by atoms with van der Waals surface area (Å²) in [5.74, 6) is -2.40. The molecule has 0 bridgehead atoms. The van der Waals surface area contributed by atoms with Gasteiger partial charge in [0, 0.05) is 25.7 Å². The Labute approximate surface area is 654 Å². The number of aliphatic hydroxyl groups is 1. The molecule has 0 saturated heterocycles. The molecule has 0 aliphatic carbocycles. The van der Waals surface area contributed by atoms with E-state index in [0.717, 1.165) is 141 Å². The quantitative estimate of drug-likeness (QED) is 0.0169. The van der Waals surface area contributed by atoms with Gasteiger partial charge >= 0.3 is 39.5 Å². The van der Waals surface area contributed by atoms with Crippen LogP contribution in [0.4, 0.5) is 0 Å². The van der Waals surface area contributed by atoms with E-state index in [4.69, 9.17) is 37.0 Å². The summed E-state index contributed by atoms with van der Waals surface area (Å²) >= 11 is 0. The summed E-state index contributed by atoms with van der Waals surface area (Å²) in [5, 5.41) is 10.7. The van der Waals surface area contributed by atoms with Gasteiger partial charge in [-0.05, 0) is 154 Å². The minimum Gasteiger partial charge on any atom is -0.462 e. The zero-order valence-corrected chi connectivity index (χ0v) is 69.0. The fourth-order valence-corrected chi connectivity index (χ4v) is 12.0. The zero-order chi connectivity index (χ0) is 78.9. The smallest absolute Gasteiger partial charge is 0.462 e. The number of allylic oxidation sites excluding steroid dienone is 28. The van der Waals surface area contributed by atoms with Crippen LogP contribution >= 0.6 is 15.6 Å². The molecule has 0 saturated carbocycles. The van der Waals surface area contributed by atoms with Crippen LogP contribution in [0.15, 0.2) is 170 Å². The summed E-state index contributed by atoms with van der Waals surface area (Å²) in [6.45, 7) is 4.45. The number of hydrogen-bond acceptors (Lipinski definition) is 15. The van der Waals surface area contributed by atoms with E-state index >= 15 is 0 Å². The van der Waals surface area contributed by atoms with Gasteiger partial charge in [0.25, 0.3) is 0 Å². The van der Waals surface area contributed by atoms with Crippen molar-refractivity contribution in [1.82, 2.24) is 0 Å². The van der Waals surface area contributed by atoms with Crippen molar-refractivity contribution in [3.8, 4) is 0 Å². The second-order valence-electron chi connectivity index (χ2n) is 26.9. The van der Waals surface area contributed by atoms with Crippen molar-refractivity contribution in [2.45, 2.75) is 329 Å². The van der Waals surface area contributed by atoms with E-state index in [9.17, 15) is 43.2 Å². The van der Waals surface area contributed by atoms with Gasteiger partial charge < -0.3 is 33.8 Å². The van der Waals surface area contributed by atoms with Crippen LogP contribution in [-0.4, -0.2) is 96.7 Å². The molecule has 0 amide bonds. The summed E-state index contributed by atoms with van der Waals surface area (Å²) in [6.07, 6.45) is 95.0. The van der Waals surface area contributed by atoms with E-state index in [1.165, 1.54) is 77.0 Å².